The van der Waals surface area contributed by atoms with Gasteiger partial charge in [0.2, 0.25) is 5.91 Å². The van der Waals surface area contributed by atoms with E-state index < -0.39 is 6.17 Å². The lowest BCUT2D eigenvalue weighted by molar-refractivity contribution is -0.138. The molecular formula is C11H19FN2O. The number of rotatable bonds is 1. The van der Waals surface area contributed by atoms with Crippen molar-refractivity contribution in [3.05, 3.63) is 0 Å². The average Bonchev–Trinajstić information content (AvgIpc) is 2.29. The molecule has 4 heteroatoms. The standard InChI is InChI=1S/C11H19FN2O/c12-10-2-1-7-14(8-10)11(15)9-3-5-13-6-4-9/h9-10,13H,1-8H2/t10-/m1/s1. The molecule has 0 bridgehead atoms. The number of halogens is 1. The van der Waals surface area contributed by atoms with E-state index in [2.05, 4.69) is 5.32 Å². The predicted octanol–water partition coefficient (Wildman–Crippen LogP) is 0.946. The minimum absolute atomic E-state index is 0.136. The van der Waals surface area contributed by atoms with E-state index in [1.165, 1.54) is 0 Å². The Labute approximate surface area is 90.0 Å². The van der Waals surface area contributed by atoms with Crippen molar-refractivity contribution in [1.82, 2.24) is 10.2 Å². The number of amides is 1. The molecule has 0 radical (unpaired) electrons. The van der Waals surface area contributed by atoms with E-state index in [4.69, 9.17) is 0 Å². The Kier molecular flexibility index (Phi) is 3.57. The fraction of sp³-hybridized carbons (Fsp3) is 0.909. The number of hydrogen-bond donors (Lipinski definition) is 1. The van der Waals surface area contributed by atoms with E-state index in [-0.39, 0.29) is 11.8 Å². The number of piperidine rings is 2. The van der Waals surface area contributed by atoms with Gasteiger partial charge in [0.15, 0.2) is 0 Å². The normalized spacial score (nSPS) is 29.1. The number of carbonyl (C=O) groups excluding carboxylic acids is 1. The molecule has 3 nitrogen and oxygen atoms in total. The molecular weight excluding hydrogens is 195 g/mol. The number of hydrogen-bond acceptors (Lipinski definition) is 2. The van der Waals surface area contributed by atoms with E-state index in [0.717, 1.165) is 38.9 Å². The van der Waals surface area contributed by atoms with Crippen molar-refractivity contribution >= 4 is 5.91 Å². The fourth-order valence-corrected chi connectivity index (χ4v) is 2.45. The first-order valence-corrected chi connectivity index (χ1v) is 5.91. The van der Waals surface area contributed by atoms with E-state index in [1.54, 1.807) is 4.90 Å². The number of alkyl halides is 1. The Balaban J connectivity index is 1.88. The molecule has 1 amide bonds. The molecule has 0 aromatic rings. The van der Waals surface area contributed by atoms with Gasteiger partial charge in [-0.3, -0.25) is 4.79 Å². The summed E-state index contributed by atoms with van der Waals surface area (Å²) in [7, 11) is 0. The lowest BCUT2D eigenvalue weighted by Gasteiger charge is -2.33. The van der Waals surface area contributed by atoms with Crippen LogP contribution in [-0.4, -0.2) is 43.2 Å². The second-order valence-corrected chi connectivity index (χ2v) is 4.55. The molecule has 0 saturated carbocycles. The Morgan fingerprint density at radius 1 is 1.27 bits per heavy atom. The van der Waals surface area contributed by atoms with Gasteiger partial charge in [0.1, 0.15) is 6.17 Å². The van der Waals surface area contributed by atoms with Crippen LogP contribution in [0.1, 0.15) is 25.7 Å². The molecule has 0 aromatic carbocycles. The summed E-state index contributed by atoms with van der Waals surface area (Å²) in [4.78, 5) is 13.8. The van der Waals surface area contributed by atoms with Gasteiger partial charge in [-0.2, -0.15) is 0 Å². The summed E-state index contributed by atoms with van der Waals surface area (Å²) in [5.74, 6) is 0.315. The highest BCUT2D eigenvalue weighted by Crippen LogP contribution is 2.19. The molecule has 2 rings (SSSR count). The van der Waals surface area contributed by atoms with Gasteiger partial charge >= 0.3 is 0 Å². The molecule has 2 saturated heterocycles. The number of nitrogens with one attached hydrogen (secondary N) is 1. The lowest BCUT2D eigenvalue weighted by atomic mass is 9.95. The van der Waals surface area contributed by atoms with Crippen molar-refractivity contribution in [2.24, 2.45) is 5.92 Å². The van der Waals surface area contributed by atoms with Crippen LogP contribution in [0.4, 0.5) is 4.39 Å². The minimum Gasteiger partial charge on any atom is -0.340 e. The van der Waals surface area contributed by atoms with E-state index in [1.807, 2.05) is 0 Å². The molecule has 0 aromatic heterocycles. The highest BCUT2D eigenvalue weighted by atomic mass is 19.1. The smallest absolute Gasteiger partial charge is 0.225 e. The Hall–Kier alpha value is -0.640. The number of nitrogens with zero attached hydrogens (tertiary/aromatic N) is 1. The molecule has 2 aliphatic heterocycles. The molecule has 86 valence electrons. The highest BCUT2D eigenvalue weighted by molar-refractivity contribution is 5.79. The van der Waals surface area contributed by atoms with Crippen LogP contribution in [0.2, 0.25) is 0 Å². The van der Waals surface area contributed by atoms with Crippen LogP contribution >= 0.6 is 0 Å². The summed E-state index contributed by atoms with van der Waals surface area (Å²) in [5, 5.41) is 3.24. The first-order chi connectivity index (χ1) is 7.27. The van der Waals surface area contributed by atoms with Crippen molar-refractivity contribution < 1.29 is 9.18 Å². The van der Waals surface area contributed by atoms with Crippen LogP contribution in [0.5, 0.6) is 0 Å². The summed E-state index contributed by atoms with van der Waals surface area (Å²) in [6, 6.07) is 0. The third-order valence-corrected chi connectivity index (χ3v) is 3.36. The van der Waals surface area contributed by atoms with Crippen molar-refractivity contribution in [3.63, 3.8) is 0 Å². The zero-order chi connectivity index (χ0) is 10.7. The van der Waals surface area contributed by atoms with Crippen LogP contribution in [0.15, 0.2) is 0 Å². The van der Waals surface area contributed by atoms with Crippen molar-refractivity contribution in [3.8, 4) is 0 Å². The first-order valence-electron chi connectivity index (χ1n) is 5.91. The minimum atomic E-state index is -0.801. The van der Waals surface area contributed by atoms with Crippen molar-refractivity contribution in [2.45, 2.75) is 31.9 Å². The van der Waals surface area contributed by atoms with Crippen molar-refractivity contribution in [1.29, 1.82) is 0 Å². The van der Waals surface area contributed by atoms with Gasteiger partial charge in [-0.25, -0.2) is 4.39 Å². The molecule has 0 aliphatic carbocycles. The maximum absolute atomic E-state index is 13.2. The van der Waals surface area contributed by atoms with Crippen LogP contribution in [0.25, 0.3) is 0 Å². The molecule has 2 aliphatic rings. The lowest BCUT2D eigenvalue weighted by Crippen LogP contribution is -2.46. The summed E-state index contributed by atoms with van der Waals surface area (Å²) in [6.45, 7) is 2.92. The summed E-state index contributed by atoms with van der Waals surface area (Å²) >= 11 is 0. The summed E-state index contributed by atoms with van der Waals surface area (Å²) < 4.78 is 13.2. The van der Waals surface area contributed by atoms with E-state index in [0.29, 0.717) is 13.0 Å². The SMILES string of the molecule is O=C(C1CCNCC1)N1CCC[C@@H](F)C1. The van der Waals surface area contributed by atoms with E-state index in [9.17, 15) is 9.18 Å². The van der Waals surface area contributed by atoms with Gasteiger partial charge in [0, 0.05) is 12.5 Å². The van der Waals surface area contributed by atoms with Crippen LogP contribution in [-0.2, 0) is 4.79 Å². The molecule has 1 N–H and O–H groups in total. The zero-order valence-electron chi connectivity index (χ0n) is 9.04. The third-order valence-electron chi connectivity index (χ3n) is 3.36. The molecule has 15 heavy (non-hydrogen) atoms. The Morgan fingerprint density at radius 3 is 2.67 bits per heavy atom. The molecule has 2 heterocycles. The largest absolute Gasteiger partial charge is 0.340 e. The van der Waals surface area contributed by atoms with E-state index >= 15 is 0 Å². The van der Waals surface area contributed by atoms with Gasteiger partial charge in [-0.15, -0.1) is 0 Å². The summed E-state index contributed by atoms with van der Waals surface area (Å²) in [6.07, 6.45) is 2.45. The summed E-state index contributed by atoms with van der Waals surface area (Å²) in [5.41, 5.74) is 0. The fourth-order valence-electron chi connectivity index (χ4n) is 2.45. The van der Waals surface area contributed by atoms with Gasteiger partial charge in [0.25, 0.3) is 0 Å². The molecule has 0 spiro atoms. The Bertz CT molecular complexity index is 229. The van der Waals surface area contributed by atoms with Crippen LogP contribution in [0, 0.1) is 5.92 Å². The van der Waals surface area contributed by atoms with Gasteiger partial charge in [-0.05, 0) is 38.8 Å². The third kappa shape index (κ3) is 2.68. The van der Waals surface area contributed by atoms with Gasteiger partial charge in [-0.1, -0.05) is 0 Å². The number of likely N-dealkylation sites (tertiary alicyclic amines) is 1. The van der Waals surface area contributed by atoms with Crippen molar-refractivity contribution in [2.75, 3.05) is 26.2 Å². The topological polar surface area (TPSA) is 32.3 Å². The van der Waals surface area contributed by atoms with Gasteiger partial charge in [0.05, 0.1) is 6.54 Å². The molecule has 0 unspecified atom stereocenters. The monoisotopic (exact) mass is 214 g/mol. The highest BCUT2D eigenvalue weighted by Gasteiger charge is 2.29. The number of carbonyl (C=O) groups is 1. The van der Waals surface area contributed by atoms with Gasteiger partial charge < -0.3 is 10.2 Å². The maximum Gasteiger partial charge on any atom is 0.225 e. The second-order valence-electron chi connectivity index (χ2n) is 4.55. The maximum atomic E-state index is 13.2. The van der Waals surface area contributed by atoms with Crippen LogP contribution < -0.4 is 5.32 Å². The molecule has 1 atom stereocenters. The quantitative estimate of drug-likeness (QED) is 0.704. The van der Waals surface area contributed by atoms with Crippen LogP contribution in [0.3, 0.4) is 0 Å². The Morgan fingerprint density at radius 2 is 2.00 bits per heavy atom. The zero-order valence-corrected chi connectivity index (χ0v) is 9.04. The second kappa shape index (κ2) is 4.92. The molecule has 2 fully saturated rings. The predicted molar refractivity (Wildman–Crippen MR) is 56.3 cm³/mol. The average molecular weight is 214 g/mol. The first kappa shape index (κ1) is 10.9.